The summed E-state index contributed by atoms with van der Waals surface area (Å²) in [5.74, 6) is -0.926. The second kappa shape index (κ2) is 5.46. The van der Waals surface area contributed by atoms with Crippen molar-refractivity contribution in [1.29, 1.82) is 0 Å². The highest BCUT2D eigenvalue weighted by Gasteiger charge is 2.12. The van der Waals surface area contributed by atoms with Crippen molar-refractivity contribution >= 4 is 44.8 Å². The lowest BCUT2D eigenvalue weighted by Gasteiger charge is -2.03. The lowest BCUT2D eigenvalue weighted by Crippen LogP contribution is -2.12. The third-order valence-electron chi connectivity index (χ3n) is 2.83. The number of aromatic nitrogens is 2. The van der Waals surface area contributed by atoms with Gasteiger partial charge in [0.25, 0.3) is 5.91 Å². The van der Waals surface area contributed by atoms with E-state index in [1.807, 2.05) is 6.07 Å². The van der Waals surface area contributed by atoms with Gasteiger partial charge in [0.1, 0.15) is 17.2 Å². The van der Waals surface area contributed by atoms with E-state index in [-0.39, 0.29) is 10.7 Å². The van der Waals surface area contributed by atoms with Gasteiger partial charge in [0.2, 0.25) is 0 Å². The lowest BCUT2D eigenvalue weighted by atomic mass is 10.3. The van der Waals surface area contributed by atoms with Crippen molar-refractivity contribution in [2.75, 3.05) is 5.32 Å². The van der Waals surface area contributed by atoms with E-state index in [0.29, 0.717) is 11.3 Å². The van der Waals surface area contributed by atoms with E-state index in [0.717, 1.165) is 4.47 Å². The SMILES string of the molecule is O=C(Nc1ccc(F)c(Cl)c1)c1cn2cc(Br)ccc2n1. The molecule has 3 rings (SSSR count). The summed E-state index contributed by atoms with van der Waals surface area (Å²) in [4.78, 5) is 16.3. The molecule has 0 unspecified atom stereocenters. The summed E-state index contributed by atoms with van der Waals surface area (Å²) in [7, 11) is 0. The Morgan fingerprint density at radius 1 is 1.29 bits per heavy atom. The fourth-order valence-electron chi connectivity index (χ4n) is 1.84. The Hall–Kier alpha value is -1.92. The normalized spacial score (nSPS) is 10.8. The summed E-state index contributed by atoms with van der Waals surface area (Å²) < 4.78 is 15.7. The van der Waals surface area contributed by atoms with E-state index >= 15 is 0 Å². The number of rotatable bonds is 2. The molecule has 0 bridgehead atoms. The Bertz CT molecular complexity index is 849. The fraction of sp³-hybridized carbons (Fsp3) is 0. The average molecular weight is 369 g/mol. The van der Waals surface area contributed by atoms with Crippen molar-refractivity contribution in [2.24, 2.45) is 0 Å². The van der Waals surface area contributed by atoms with Crippen LogP contribution in [0.25, 0.3) is 5.65 Å². The van der Waals surface area contributed by atoms with Gasteiger partial charge < -0.3 is 9.72 Å². The Balaban J connectivity index is 1.87. The molecule has 1 N–H and O–H groups in total. The molecule has 7 heteroatoms. The fourth-order valence-corrected chi connectivity index (χ4v) is 2.38. The molecule has 1 aromatic carbocycles. The van der Waals surface area contributed by atoms with Crippen LogP contribution in [0, 0.1) is 5.82 Å². The third kappa shape index (κ3) is 2.91. The van der Waals surface area contributed by atoms with Gasteiger partial charge >= 0.3 is 0 Å². The summed E-state index contributed by atoms with van der Waals surface area (Å²) in [6, 6.07) is 7.60. The number of carbonyl (C=O) groups excluding carboxylic acids is 1. The van der Waals surface area contributed by atoms with Crippen LogP contribution in [0.5, 0.6) is 0 Å². The van der Waals surface area contributed by atoms with Crippen LogP contribution in [-0.4, -0.2) is 15.3 Å². The van der Waals surface area contributed by atoms with Crippen LogP contribution in [0.15, 0.2) is 47.2 Å². The minimum atomic E-state index is -0.535. The maximum Gasteiger partial charge on any atom is 0.275 e. The number of nitrogens with zero attached hydrogens (tertiary/aromatic N) is 2. The van der Waals surface area contributed by atoms with Gasteiger partial charge in [-0.05, 0) is 46.3 Å². The maximum atomic E-state index is 13.1. The van der Waals surface area contributed by atoms with Gasteiger partial charge in [-0.2, -0.15) is 0 Å². The first-order chi connectivity index (χ1) is 10.0. The molecule has 0 atom stereocenters. The van der Waals surface area contributed by atoms with Gasteiger partial charge in [0.05, 0.1) is 5.02 Å². The van der Waals surface area contributed by atoms with Gasteiger partial charge in [-0.1, -0.05) is 11.6 Å². The number of nitrogens with one attached hydrogen (secondary N) is 1. The zero-order valence-corrected chi connectivity index (χ0v) is 12.8. The van der Waals surface area contributed by atoms with Crippen LogP contribution in [0.3, 0.4) is 0 Å². The first kappa shape index (κ1) is 14.0. The van der Waals surface area contributed by atoms with E-state index in [4.69, 9.17) is 11.6 Å². The first-order valence-corrected chi connectivity index (χ1v) is 7.11. The van der Waals surface area contributed by atoms with Crippen molar-refractivity contribution in [3.05, 3.63) is 63.7 Å². The molecule has 0 spiro atoms. The molecular weight excluding hydrogens is 361 g/mol. The Morgan fingerprint density at radius 3 is 2.86 bits per heavy atom. The van der Waals surface area contributed by atoms with E-state index in [9.17, 15) is 9.18 Å². The molecule has 0 saturated heterocycles. The van der Waals surface area contributed by atoms with Crippen molar-refractivity contribution < 1.29 is 9.18 Å². The maximum absolute atomic E-state index is 13.1. The number of carbonyl (C=O) groups is 1. The van der Waals surface area contributed by atoms with Crippen LogP contribution in [0.1, 0.15) is 10.5 Å². The molecule has 21 heavy (non-hydrogen) atoms. The van der Waals surface area contributed by atoms with Crippen LogP contribution in [0.2, 0.25) is 5.02 Å². The predicted molar refractivity (Wildman–Crippen MR) is 82.3 cm³/mol. The molecule has 0 fully saturated rings. The van der Waals surface area contributed by atoms with Crippen molar-refractivity contribution in [2.45, 2.75) is 0 Å². The number of imidazole rings is 1. The van der Waals surface area contributed by atoms with Gasteiger partial charge in [-0.25, -0.2) is 9.37 Å². The summed E-state index contributed by atoms with van der Waals surface area (Å²) in [6.07, 6.45) is 3.41. The zero-order chi connectivity index (χ0) is 15.0. The number of hydrogen-bond acceptors (Lipinski definition) is 2. The Kier molecular flexibility index (Phi) is 3.65. The summed E-state index contributed by atoms with van der Waals surface area (Å²) in [5, 5.41) is 2.57. The highest BCUT2D eigenvalue weighted by atomic mass is 79.9. The van der Waals surface area contributed by atoms with Gasteiger partial charge in [0, 0.05) is 22.6 Å². The largest absolute Gasteiger partial charge is 0.321 e. The number of anilines is 1. The standard InChI is InChI=1S/C14H8BrClFN3O/c15-8-1-4-13-19-12(7-20(13)6-8)14(21)18-9-2-3-11(17)10(16)5-9/h1-7H,(H,18,21). The number of fused-ring (bicyclic) bond motifs is 1. The lowest BCUT2D eigenvalue weighted by molar-refractivity contribution is 0.102. The minimum absolute atomic E-state index is 0.0493. The molecule has 4 nitrogen and oxygen atoms in total. The zero-order valence-electron chi connectivity index (χ0n) is 10.5. The topological polar surface area (TPSA) is 46.4 Å². The first-order valence-electron chi connectivity index (χ1n) is 5.93. The second-order valence-corrected chi connectivity index (χ2v) is 5.64. The predicted octanol–water partition coefficient (Wildman–Crippen LogP) is 4.14. The quantitative estimate of drug-likeness (QED) is 0.739. The van der Waals surface area contributed by atoms with Crippen LogP contribution < -0.4 is 5.32 Å². The van der Waals surface area contributed by atoms with Crippen molar-refractivity contribution in [3.8, 4) is 0 Å². The van der Waals surface area contributed by atoms with Gasteiger partial charge in [0.15, 0.2) is 0 Å². The molecule has 1 amide bonds. The molecule has 0 aliphatic carbocycles. The third-order valence-corrected chi connectivity index (χ3v) is 3.58. The number of amides is 1. The number of pyridine rings is 1. The highest BCUT2D eigenvalue weighted by molar-refractivity contribution is 9.10. The highest BCUT2D eigenvalue weighted by Crippen LogP contribution is 2.20. The Labute approximate surface area is 132 Å². The van der Waals surface area contributed by atoms with E-state index in [1.165, 1.54) is 18.2 Å². The van der Waals surface area contributed by atoms with E-state index in [2.05, 4.69) is 26.2 Å². The molecule has 0 aliphatic rings. The van der Waals surface area contributed by atoms with Crippen molar-refractivity contribution in [3.63, 3.8) is 0 Å². The molecule has 106 valence electrons. The van der Waals surface area contributed by atoms with Crippen molar-refractivity contribution in [1.82, 2.24) is 9.38 Å². The molecule has 3 aromatic rings. The molecule has 2 heterocycles. The molecular formula is C14H8BrClFN3O. The monoisotopic (exact) mass is 367 g/mol. The van der Waals surface area contributed by atoms with Gasteiger partial charge in [-0.3, -0.25) is 4.79 Å². The average Bonchev–Trinajstić information content (AvgIpc) is 2.86. The van der Waals surface area contributed by atoms with Gasteiger partial charge in [-0.15, -0.1) is 0 Å². The number of benzene rings is 1. The minimum Gasteiger partial charge on any atom is -0.321 e. The number of halogens is 3. The summed E-state index contributed by atoms with van der Waals surface area (Å²) in [6.45, 7) is 0. The number of hydrogen-bond donors (Lipinski definition) is 1. The summed E-state index contributed by atoms with van der Waals surface area (Å²) in [5.41, 5.74) is 1.32. The van der Waals surface area contributed by atoms with Crippen LogP contribution in [0.4, 0.5) is 10.1 Å². The summed E-state index contributed by atoms with van der Waals surface area (Å²) >= 11 is 9.02. The van der Waals surface area contributed by atoms with E-state index < -0.39 is 11.7 Å². The molecule has 2 aromatic heterocycles. The Morgan fingerprint density at radius 2 is 2.10 bits per heavy atom. The molecule has 0 saturated carbocycles. The van der Waals surface area contributed by atoms with Crippen LogP contribution >= 0.6 is 27.5 Å². The van der Waals surface area contributed by atoms with Crippen LogP contribution in [-0.2, 0) is 0 Å². The smallest absolute Gasteiger partial charge is 0.275 e. The van der Waals surface area contributed by atoms with E-state index in [1.54, 1.807) is 22.9 Å². The second-order valence-electron chi connectivity index (χ2n) is 4.32. The molecule has 0 radical (unpaired) electrons. The molecule has 0 aliphatic heterocycles.